The Hall–Kier alpha value is -4.22. The van der Waals surface area contributed by atoms with E-state index in [2.05, 4.69) is 211 Å². The van der Waals surface area contributed by atoms with Crippen LogP contribution in [0.2, 0.25) is 44.2 Å². The molecule has 8 aliphatic carbocycles. The molecule has 2 saturated heterocycles. The van der Waals surface area contributed by atoms with Gasteiger partial charge in [0, 0.05) is 0 Å². The first kappa shape index (κ1) is 52.8. The van der Waals surface area contributed by atoms with E-state index in [1.807, 2.05) is 48.5 Å². The molecule has 0 N–H and O–H groups in total. The molecule has 4 aromatic carbocycles. The number of hydrogen-bond donors (Lipinski definition) is 0. The first-order chi connectivity index (χ1) is 37.9. The fourth-order valence-electron chi connectivity index (χ4n) is 20.6. The average Bonchev–Trinajstić information content (AvgIpc) is 1.53. The number of allylic oxidation sites excluding steroid dienone is 32. The predicted octanol–water partition coefficient (Wildman–Crippen LogP) is 21.3. The van der Waals surface area contributed by atoms with E-state index in [-0.39, 0.29) is 23.7 Å². The molecule has 9 heteroatoms. The van der Waals surface area contributed by atoms with Crippen molar-refractivity contribution >= 4 is 81.0 Å². The van der Waals surface area contributed by atoms with Gasteiger partial charge in [0.05, 0.1) is 0 Å². The van der Waals surface area contributed by atoms with Crippen molar-refractivity contribution in [1.82, 2.24) is 0 Å². The second kappa shape index (κ2) is 17.7. The second-order valence-corrected chi connectivity index (χ2v) is 65.7. The minimum atomic E-state index is -7.54. The van der Waals surface area contributed by atoms with E-state index in [0.29, 0.717) is 0 Å². The molecule has 0 amide bonds. The third kappa shape index (κ3) is 5.63. The molecular weight excluding hydrogens is 1200 g/mol. The molecule has 8 unspecified atom stereocenters. The predicted molar refractivity (Wildman–Crippen MR) is 342 cm³/mol. The molecule has 79 heavy (non-hydrogen) atoms. The Labute approximate surface area is 494 Å². The van der Waals surface area contributed by atoms with Crippen molar-refractivity contribution in [3.05, 3.63) is 328 Å². The normalized spacial score (nSPS) is 35.0. The van der Waals surface area contributed by atoms with Gasteiger partial charge in [-0.1, -0.05) is 0 Å². The maximum absolute atomic E-state index is 11.2. The summed E-state index contributed by atoms with van der Waals surface area (Å²) in [5, 5.41) is 2.88. The Balaban J connectivity index is 1.21. The Morgan fingerprint density at radius 2 is 0.532 bits per heavy atom. The summed E-state index contributed by atoms with van der Waals surface area (Å²) < 4.78 is -2.91. The molecule has 0 saturated carbocycles. The van der Waals surface area contributed by atoms with Crippen LogP contribution in [-0.2, 0) is 14.9 Å². The van der Waals surface area contributed by atoms with E-state index in [4.69, 9.17) is 46.4 Å². The molecule has 2 heterocycles. The molecule has 2 aliphatic heterocycles. The quantitative estimate of drug-likeness (QED) is 0.179. The number of hydrogen-bond acceptors (Lipinski definition) is 0. The van der Waals surface area contributed by atoms with E-state index < -0.39 is 43.5 Å². The third-order valence-corrected chi connectivity index (χ3v) is 108. The second-order valence-electron chi connectivity index (χ2n) is 24.1. The maximum atomic E-state index is 11.2. The van der Waals surface area contributed by atoms with E-state index in [1.54, 1.807) is 0 Å². The first-order valence-electron chi connectivity index (χ1n) is 27.8. The average molecular weight is 1260 g/mol. The molecule has 14 rings (SSSR count). The monoisotopic (exact) mass is 1260 g/mol. The van der Waals surface area contributed by atoms with Gasteiger partial charge in [0.1, 0.15) is 0 Å². The van der Waals surface area contributed by atoms with Gasteiger partial charge in [0.15, 0.2) is 0 Å². The van der Waals surface area contributed by atoms with Crippen LogP contribution in [0.25, 0.3) is 0 Å². The van der Waals surface area contributed by atoms with Gasteiger partial charge in [0.2, 0.25) is 0 Å². The van der Waals surface area contributed by atoms with Crippen LogP contribution in [-0.4, -0.2) is 17.6 Å². The molecule has 0 aromatic heterocycles. The van der Waals surface area contributed by atoms with Crippen LogP contribution < -0.4 is 0 Å². The summed E-state index contributed by atoms with van der Waals surface area (Å²) in [4.78, 5) is 0. The third-order valence-electron chi connectivity index (χ3n) is 22.0. The molecule has 2 fully saturated rings. The summed E-state index contributed by atoms with van der Waals surface area (Å²) in [6, 6.07) is 34.0. The number of rotatable bonds is 4. The zero-order valence-electron chi connectivity index (χ0n) is 45.0. The fraction of sp³-hybridized carbons (Fsp3) is 0.200. The van der Waals surface area contributed by atoms with E-state index in [0.717, 1.165) is 20.1 Å². The molecule has 4 aromatic rings. The Morgan fingerprint density at radius 1 is 0.329 bits per heavy atom. The summed E-state index contributed by atoms with van der Waals surface area (Å²) in [6.45, 7) is 15.2. The van der Waals surface area contributed by atoms with Gasteiger partial charge in [-0.25, -0.2) is 0 Å². The zero-order chi connectivity index (χ0) is 54.9. The van der Waals surface area contributed by atoms with Crippen molar-refractivity contribution in [2.45, 2.75) is 75.4 Å². The zero-order valence-corrected chi connectivity index (χ0v) is 54.3. The van der Waals surface area contributed by atoms with Crippen LogP contribution in [0.1, 0.15) is 73.6 Å². The number of benzene rings is 4. The van der Waals surface area contributed by atoms with Gasteiger partial charge >= 0.3 is 499 Å². The first-order valence-corrected chi connectivity index (χ1v) is 45.2. The van der Waals surface area contributed by atoms with Crippen molar-refractivity contribution in [2.75, 3.05) is 0 Å². The van der Waals surface area contributed by atoms with Crippen LogP contribution in [0.3, 0.4) is 0 Å². The molecule has 9 atom stereocenters. The number of halogens is 6. The standard InChI is InChI=1S/2C35H30Cl2Si.2ClH.Zr/c2*1-22-20-32-28(24-12-16-26(36)17-13-24)8-4-6-10-30(32)34(22)38(3)35-23(2)21-33-29(9-5-7-11-31(33)35)25-14-18-27(37)19-15-25;;;/h2*4-21,28-29,38H,1-3H3;2*1H;/q;;;;+2/p-2. The van der Waals surface area contributed by atoms with Gasteiger partial charge in [-0.15, -0.1) is 0 Å². The SMILES string of the molecule is CC1=CC2=C(C=CC=CC2c2ccc(Cl)cc2)[C]12[SiH](C)[C]1(C(C)=CC3=C1C=CC=CC3c1ccc(Cl)cc1)[Zr]21([Cl])([Cl])[C]2(C(C)=CC3=C2C=CC=CC3c2ccc(Cl)cc2)[SiH](C)[C@]12C(C)=CC1=C2C=CC=CC1c1ccc(Cl)cc1. The molecule has 10 aliphatic rings. The van der Waals surface area contributed by atoms with Gasteiger partial charge in [0.25, 0.3) is 0 Å². The topological polar surface area (TPSA) is 0 Å². The van der Waals surface area contributed by atoms with Gasteiger partial charge in [-0.2, -0.15) is 0 Å². The number of fused-ring (bicyclic) bond motifs is 8. The summed E-state index contributed by atoms with van der Waals surface area (Å²) in [6.07, 6.45) is 48.1. The Bertz CT molecular complexity index is 3470. The van der Waals surface area contributed by atoms with Gasteiger partial charge < -0.3 is 0 Å². The summed E-state index contributed by atoms with van der Waals surface area (Å²) >= 11 is 19.3. The molecule has 0 bridgehead atoms. The van der Waals surface area contributed by atoms with E-state index >= 15 is 0 Å². The van der Waals surface area contributed by atoms with Crippen molar-refractivity contribution < 1.29 is 14.9 Å². The van der Waals surface area contributed by atoms with E-state index in [1.165, 1.54) is 89.1 Å². The van der Waals surface area contributed by atoms with Crippen LogP contribution in [0.5, 0.6) is 0 Å². The van der Waals surface area contributed by atoms with E-state index in [9.17, 15) is 17.0 Å². The van der Waals surface area contributed by atoms with Crippen LogP contribution >= 0.6 is 63.4 Å². The molecule has 394 valence electrons. The summed E-state index contributed by atoms with van der Waals surface area (Å²) in [5.74, 6) is -0.269. The fourth-order valence-corrected chi connectivity index (χ4v) is 145. The molecule has 0 nitrogen and oxygen atoms in total. The minimum absolute atomic E-state index is 0.0673. The van der Waals surface area contributed by atoms with Crippen LogP contribution in [0, 0.1) is 0 Å². The van der Waals surface area contributed by atoms with Gasteiger partial charge in [-0.3, -0.25) is 0 Å². The summed E-state index contributed by atoms with van der Waals surface area (Å²) in [7, 11) is 17.4. The molecule has 0 radical (unpaired) electrons. The molecular formula is C70H60Cl6Si2Zr. The van der Waals surface area contributed by atoms with Gasteiger partial charge in [-0.05, 0) is 0 Å². The van der Waals surface area contributed by atoms with Crippen LogP contribution in [0.4, 0.5) is 0 Å². The van der Waals surface area contributed by atoms with Crippen molar-refractivity contribution in [3.8, 4) is 0 Å². The van der Waals surface area contributed by atoms with Crippen molar-refractivity contribution in [2.24, 2.45) is 0 Å². The Kier molecular flexibility index (Phi) is 11.8. The van der Waals surface area contributed by atoms with Crippen molar-refractivity contribution in [3.63, 3.8) is 0 Å². The molecule has 5 spiro atoms. The Morgan fingerprint density at radius 3 is 0.734 bits per heavy atom. The summed E-state index contributed by atoms with van der Waals surface area (Å²) in [5.41, 5.74) is 20.6. The van der Waals surface area contributed by atoms with Crippen LogP contribution in [0.15, 0.2) is 285 Å². The van der Waals surface area contributed by atoms with Crippen molar-refractivity contribution in [1.29, 1.82) is 0 Å².